The molecule has 0 unspecified atom stereocenters. The topological polar surface area (TPSA) is 45.7 Å². The number of amides is 1. The molecule has 150 valence electrons. The normalized spacial score (nSPS) is 15.4. The second-order valence-electron chi connectivity index (χ2n) is 7.08. The summed E-state index contributed by atoms with van der Waals surface area (Å²) in [6, 6.07) is 11.3. The third-order valence-electron chi connectivity index (χ3n) is 5.43. The number of nitrogens with zero attached hydrogens (tertiary/aromatic N) is 3. The Morgan fingerprint density at radius 3 is 2.71 bits per heavy atom. The fourth-order valence-electron chi connectivity index (χ4n) is 3.78. The van der Waals surface area contributed by atoms with Gasteiger partial charge >= 0.3 is 0 Å². The predicted octanol–water partition coefficient (Wildman–Crippen LogP) is 3.91. The van der Waals surface area contributed by atoms with Gasteiger partial charge in [-0.1, -0.05) is 24.6 Å². The number of carbonyl (C=O) groups excluding carboxylic acids is 1. The minimum atomic E-state index is -0.0229. The summed E-state index contributed by atoms with van der Waals surface area (Å²) in [5, 5.41) is 0.537. The number of likely N-dealkylation sites (tertiary alicyclic amines) is 1. The van der Waals surface area contributed by atoms with E-state index in [4.69, 9.17) is 16.3 Å². The number of pyridine rings is 1. The molecule has 1 saturated heterocycles. The van der Waals surface area contributed by atoms with Crippen LogP contribution in [0.15, 0.2) is 42.6 Å². The van der Waals surface area contributed by atoms with Gasteiger partial charge in [0.1, 0.15) is 5.75 Å². The van der Waals surface area contributed by atoms with Gasteiger partial charge in [0.15, 0.2) is 0 Å². The maximum Gasteiger partial charge on any atom is 0.257 e. The van der Waals surface area contributed by atoms with Crippen LogP contribution < -0.4 is 4.74 Å². The first-order valence-corrected chi connectivity index (χ1v) is 10.3. The minimum Gasteiger partial charge on any atom is -0.496 e. The van der Waals surface area contributed by atoms with Crippen molar-refractivity contribution in [2.45, 2.75) is 32.2 Å². The smallest absolute Gasteiger partial charge is 0.257 e. The summed E-state index contributed by atoms with van der Waals surface area (Å²) in [6.07, 6.45) is 4.47. The average molecular weight is 402 g/mol. The molecular formula is C22H28ClN3O2. The molecule has 1 aliphatic heterocycles. The second kappa shape index (κ2) is 9.89. The van der Waals surface area contributed by atoms with Crippen LogP contribution in [0.1, 0.15) is 35.8 Å². The number of ether oxygens (including phenoxy) is 1. The Morgan fingerprint density at radius 2 is 2.07 bits per heavy atom. The Balaban J connectivity index is 1.82. The minimum absolute atomic E-state index is 0.0229. The third kappa shape index (κ3) is 5.03. The lowest BCUT2D eigenvalue weighted by atomic mass is 10.0. The number of carbonyl (C=O) groups is 1. The van der Waals surface area contributed by atoms with Crippen LogP contribution in [0.25, 0.3) is 0 Å². The van der Waals surface area contributed by atoms with Crippen molar-refractivity contribution < 1.29 is 9.53 Å². The molecule has 6 heteroatoms. The van der Waals surface area contributed by atoms with E-state index in [9.17, 15) is 4.79 Å². The highest BCUT2D eigenvalue weighted by Gasteiger charge is 2.29. The van der Waals surface area contributed by atoms with Gasteiger partial charge < -0.3 is 14.5 Å². The van der Waals surface area contributed by atoms with Crippen LogP contribution in [0, 0.1) is 0 Å². The number of halogens is 1. The summed E-state index contributed by atoms with van der Waals surface area (Å²) in [5.41, 5.74) is 1.51. The molecule has 0 saturated carbocycles. The van der Waals surface area contributed by atoms with Crippen LogP contribution in [0.5, 0.6) is 5.75 Å². The standard InChI is InChI=1S/C22H28ClN3O2/c1-3-25-13-10-19(11-14-25)26(15-9-18-6-4-5-12-24-18)22(27)20-16-17(23)7-8-21(20)28-2/h4-8,12,16,19H,3,9-11,13-15H2,1-2H3. The van der Waals surface area contributed by atoms with Crippen LogP contribution in [0.3, 0.4) is 0 Å². The number of aromatic nitrogens is 1. The van der Waals surface area contributed by atoms with E-state index in [1.807, 2.05) is 23.1 Å². The van der Waals surface area contributed by atoms with Crippen molar-refractivity contribution in [1.29, 1.82) is 0 Å². The van der Waals surface area contributed by atoms with E-state index in [1.165, 1.54) is 0 Å². The number of piperidine rings is 1. The lowest BCUT2D eigenvalue weighted by molar-refractivity contribution is 0.0576. The highest BCUT2D eigenvalue weighted by atomic mass is 35.5. The zero-order valence-electron chi connectivity index (χ0n) is 16.6. The number of methoxy groups -OCH3 is 1. The van der Waals surface area contributed by atoms with Crippen LogP contribution in [0.4, 0.5) is 0 Å². The first-order chi connectivity index (χ1) is 13.6. The highest BCUT2D eigenvalue weighted by Crippen LogP contribution is 2.27. The molecule has 28 heavy (non-hydrogen) atoms. The fourth-order valence-corrected chi connectivity index (χ4v) is 3.95. The van der Waals surface area contributed by atoms with Crippen molar-refractivity contribution in [3.8, 4) is 5.75 Å². The van der Waals surface area contributed by atoms with E-state index in [2.05, 4.69) is 16.8 Å². The first-order valence-electron chi connectivity index (χ1n) is 9.89. The maximum atomic E-state index is 13.5. The molecule has 5 nitrogen and oxygen atoms in total. The molecule has 1 aromatic heterocycles. The lowest BCUT2D eigenvalue weighted by Crippen LogP contribution is -2.48. The van der Waals surface area contributed by atoms with Gasteiger partial charge in [0.2, 0.25) is 0 Å². The fraction of sp³-hybridized carbons (Fsp3) is 0.455. The van der Waals surface area contributed by atoms with Crippen molar-refractivity contribution in [2.24, 2.45) is 0 Å². The van der Waals surface area contributed by atoms with Gasteiger partial charge in [0.05, 0.1) is 12.7 Å². The van der Waals surface area contributed by atoms with Gasteiger partial charge in [-0.25, -0.2) is 0 Å². The Morgan fingerprint density at radius 1 is 1.29 bits per heavy atom. The monoisotopic (exact) mass is 401 g/mol. The average Bonchev–Trinajstić information content (AvgIpc) is 2.75. The molecule has 2 heterocycles. The number of hydrogen-bond acceptors (Lipinski definition) is 4. The van der Waals surface area contributed by atoms with Crippen LogP contribution in [-0.2, 0) is 6.42 Å². The third-order valence-corrected chi connectivity index (χ3v) is 5.67. The van der Waals surface area contributed by atoms with E-state index >= 15 is 0 Å². The molecular weight excluding hydrogens is 374 g/mol. The summed E-state index contributed by atoms with van der Waals surface area (Å²) in [7, 11) is 1.58. The zero-order valence-corrected chi connectivity index (χ0v) is 17.4. The van der Waals surface area contributed by atoms with Crippen molar-refractivity contribution >= 4 is 17.5 Å². The SMILES string of the molecule is CCN1CCC(N(CCc2ccccn2)C(=O)c2cc(Cl)ccc2OC)CC1. The van der Waals surface area contributed by atoms with E-state index < -0.39 is 0 Å². The Hall–Kier alpha value is -2.11. The molecule has 0 radical (unpaired) electrons. The van der Waals surface area contributed by atoms with Gasteiger partial charge in [-0.15, -0.1) is 0 Å². The molecule has 0 N–H and O–H groups in total. The van der Waals surface area contributed by atoms with Gasteiger partial charge in [-0.3, -0.25) is 9.78 Å². The molecule has 0 spiro atoms. The quantitative estimate of drug-likeness (QED) is 0.705. The molecule has 1 aromatic carbocycles. The Labute approximate surface area is 172 Å². The zero-order chi connectivity index (χ0) is 19.9. The van der Waals surface area contributed by atoms with Gasteiger partial charge in [0, 0.05) is 49.0 Å². The highest BCUT2D eigenvalue weighted by molar-refractivity contribution is 6.31. The van der Waals surface area contributed by atoms with Crippen LogP contribution in [-0.4, -0.2) is 60.0 Å². The molecule has 0 aliphatic carbocycles. The molecule has 1 aliphatic rings. The summed E-state index contributed by atoms with van der Waals surface area (Å²) < 4.78 is 5.43. The van der Waals surface area contributed by atoms with Crippen molar-refractivity contribution in [1.82, 2.24) is 14.8 Å². The van der Waals surface area contributed by atoms with E-state index in [1.54, 1.807) is 31.5 Å². The van der Waals surface area contributed by atoms with Gasteiger partial charge in [-0.2, -0.15) is 0 Å². The summed E-state index contributed by atoms with van der Waals surface area (Å²) in [5.74, 6) is 0.536. The summed E-state index contributed by atoms with van der Waals surface area (Å²) in [6.45, 7) is 5.89. The number of hydrogen-bond donors (Lipinski definition) is 0. The molecule has 0 atom stereocenters. The van der Waals surface area contributed by atoms with Gasteiger partial charge in [0.25, 0.3) is 5.91 Å². The Kier molecular flexibility index (Phi) is 7.29. The van der Waals surface area contributed by atoms with Crippen molar-refractivity contribution in [3.05, 3.63) is 58.9 Å². The second-order valence-corrected chi connectivity index (χ2v) is 7.52. The van der Waals surface area contributed by atoms with E-state index in [-0.39, 0.29) is 11.9 Å². The van der Waals surface area contributed by atoms with Crippen LogP contribution in [0.2, 0.25) is 5.02 Å². The van der Waals surface area contributed by atoms with E-state index in [0.29, 0.717) is 22.9 Å². The number of benzene rings is 1. The molecule has 1 amide bonds. The number of rotatable bonds is 7. The van der Waals surface area contributed by atoms with Crippen molar-refractivity contribution in [2.75, 3.05) is 33.3 Å². The predicted molar refractivity (Wildman–Crippen MR) is 112 cm³/mol. The Bertz CT molecular complexity index is 777. The van der Waals surface area contributed by atoms with Crippen molar-refractivity contribution in [3.63, 3.8) is 0 Å². The molecule has 3 rings (SSSR count). The maximum absolute atomic E-state index is 13.5. The molecule has 0 bridgehead atoms. The first kappa shape index (κ1) is 20.6. The summed E-state index contributed by atoms with van der Waals surface area (Å²) >= 11 is 6.18. The van der Waals surface area contributed by atoms with E-state index in [0.717, 1.165) is 44.6 Å². The van der Waals surface area contributed by atoms with Crippen LogP contribution >= 0.6 is 11.6 Å². The lowest BCUT2D eigenvalue weighted by Gasteiger charge is -2.38. The van der Waals surface area contributed by atoms with Gasteiger partial charge in [-0.05, 0) is 49.7 Å². The molecule has 1 fully saturated rings. The summed E-state index contributed by atoms with van der Waals surface area (Å²) in [4.78, 5) is 22.3. The molecule has 2 aromatic rings. The largest absolute Gasteiger partial charge is 0.496 e.